The van der Waals surface area contributed by atoms with Crippen molar-refractivity contribution in [2.75, 3.05) is 6.61 Å². The van der Waals surface area contributed by atoms with Gasteiger partial charge in [-0.15, -0.1) is 0 Å². The van der Waals surface area contributed by atoms with Gasteiger partial charge < -0.3 is 10.2 Å². The molecule has 0 aromatic rings. The molecule has 3 aliphatic carbocycles. The lowest BCUT2D eigenvalue weighted by Gasteiger charge is -2.62. The van der Waals surface area contributed by atoms with Gasteiger partial charge in [-0.3, -0.25) is 4.79 Å². The first kappa shape index (κ1) is 17.2. The topological polar surface area (TPSA) is 57.5 Å². The number of fused-ring (bicyclic) bond motifs is 3. The van der Waals surface area contributed by atoms with E-state index in [-0.39, 0.29) is 28.6 Å². The Morgan fingerprint density at radius 3 is 2.57 bits per heavy atom. The molecule has 3 nitrogen and oxygen atoms in total. The lowest BCUT2D eigenvalue weighted by Crippen LogP contribution is -2.56. The zero-order valence-electron chi connectivity index (χ0n) is 14.9. The molecule has 0 amide bonds. The Hall–Kier alpha value is -0.670. The predicted molar refractivity (Wildman–Crippen MR) is 90.9 cm³/mol. The highest BCUT2D eigenvalue weighted by Crippen LogP contribution is 2.66. The van der Waals surface area contributed by atoms with Crippen molar-refractivity contribution < 1.29 is 15.0 Å². The van der Waals surface area contributed by atoms with Crippen LogP contribution >= 0.6 is 0 Å². The highest BCUT2D eigenvalue weighted by Gasteiger charge is 2.59. The fourth-order valence-electron chi connectivity index (χ4n) is 6.20. The van der Waals surface area contributed by atoms with Gasteiger partial charge in [0.1, 0.15) is 0 Å². The third-order valence-electron chi connectivity index (χ3n) is 8.12. The van der Waals surface area contributed by atoms with Gasteiger partial charge in [0, 0.05) is 6.42 Å². The summed E-state index contributed by atoms with van der Waals surface area (Å²) in [5, 5.41) is 19.7. The average molecular weight is 320 g/mol. The molecule has 2 N–H and O–H groups in total. The molecule has 0 spiro atoms. The smallest absolute Gasteiger partial charge is 0.158 e. The van der Waals surface area contributed by atoms with Crippen LogP contribution in [0.25, 0.3) is 0 Å². The summed E-state index contributed by atoms with van der Waals surface area (Å²) in [6.45, 7) is 10.8. The van der Waals surface area contributed by atoms with Crippen LogP contribution in [-0.4, -0.2) is 28.7 Å². The van der Waals surface area contributed by atoms with Gasteiger partial charge >= 0.3 is 0 Å². The zero-order chi connectivity index (χ0) is 17.0. The number of ketones is 1. The van der Waals surface area contributed by atoms with E-state index in [9.17, 15) is 15.0 Å². The van der Waals surface area contributed by atoms with Crippen molar-refractivity contribution in [2.24, 2.45) is 28.1 Å². The van der Waals surface area contributed by atoms with E-state index >= 15 is 0 Å². The van der Waals surface area contributed by atoms with E-state index in [1.165, 1.54) is 0 Å². The van der Waals surface area contributed by atoms with Crippen LogP contribution < -0.4 is 0 Å². The molecule has 3 saturated carbocycles. The predicted octanol–water partition coefficient (Wildman–Crippen LogP) is 3.49. The number of aliphatic hydroxyl groups is 2. The van der Waals surface area contributed by atoms with Gasteiger partial charge in [0.05, 0.1) is 12.7 Å². The molecule has 3 rings (SSSR count). The van der Waals surface area contributed by atoms with Crippen LogP contribution in [-0.2, 0) is 4.79 Å². The van der Waals surface area contributed by atoms with Crippen LogP contribution in [0.5, 0.6) is 0 Å². The van der Waals surface area contributed by atoms with Crippen molar-refractivity contribution in [1.29, 1.82) is 0 Å². The van der Waals surface area contributed by atoms with Crippen molar-refractivity contribution in [1.82, 2.24) is 0 Å². The Labute approximate surface area is 140 Å². The first-order valence-electron chi connectivity index (χ1n) is 9.19. The maximum atomic E-state index is 12.2. The second kappa shape index (κ2) is 5.42. The van der Waals surface area contributed by atoms with E-state index in [0.717, 1.165) is 44.1 Å². The Bertz CT molecular complexity index is 527. The third kappa shape index (κ3) is 2.34. The van der Waals surface area contributed by atoms with Gasteiger partial charge in [-0.05, 0) is 72.2 Å². The van der Waals surface area contributed by atoms with Crippen molar-refractivity contribution in [3.63, 3.8) is 0 Å². The number of hydrogen-bond donors (Lipinski definition) is 2. The quantitative estimate of drug-likeness (QED) is 0.766. The molecule has 0 bridgehead atoms. The lowest BCUT2D eigenvalue weighted by atomic mass is 9.42. The maximum Gasteiger partial charge on any atom is 0.158 e. The van der Waals surface area contributed by atoms with Crippen LogP contribution in [0.2, 0.25) is 0 Å². The largest absolute Gasteiger partial charge is 0.394 e. The van der Waals surface area contributed by atoms with Crippen LogP contribution in [0.4, 0.5) is 0 Å². The van der Waals surface area contributed by atoms with Crippen molar-refractivity contribution >= 4 is 5.78 Å². The Morgan fingerprint density at radius 2 is 1.91 bits per heavy atom. The van der Waals surface area contributed by atoms with Gasteiger partial charge in [-0.1, -0.05) is 27.4 Å². The number of rotatable bonds is 2. The highest BCUT2D eigenvalue weighted by molar-refractivity contribution is 5.97. The zero-order valence-corrected chi connectivity index (χ0v) is 14.9. The minimum Gasteiger partial charge on any atom is -0.394 e. The molecule has 0 heterocycles. The Balaban J connectivity index is 1.89. The van der Waals surface area contributed by atoms with Gasteiger partial charge in [0.2, 0.25) is 0 Å². The molecule has 0 aromatic heterocycles. The van der Waals surface area contributed by atoms with Crippen LogP contribution in [0.3, 0.4) is 0 Å². The molecule has 0 aliphatic heterocycles. The normalized spacial score (nSPS) is 48.6. The first-order chi connectivity index (χ1) is 10.7. The summed E-state index contributed by atoms with van der Waals surface area (Å²) >= 11 is 0. The summed E-state index contributed by atoms with van der Waals surface area (Å²) in [6.07, 6.45) is 6.17. The minimum atomic E-state index is -0.622. The third-order valence-corrected chi connectivity index (χ3v) is 8.12. The van der Waals surface area contributed by atoms with Gasteiger partial charge in [-0.25, -0.2) is 0 Å². The number of allylic oxidation sites excluding steroid dienone is 1. The van der Waals surface area contributed by atoms with E-state index in [1.807, 2.05) is 0 Å². The molecule has 3 fully saturated rings. The SMILES string of the molecule is C=C1C(=O)CC[C@@H]2[C@@]3(C)CC[C@](C)([C@@H](O)CO)C[C@@H]3CC[C@]12C. The van der Waals surface area contributed by atoms with E-state index < -0.39 is 6.10 Å². The van der Waals surface area contributed by atoms with Gasteiger partial charge in [-0.2, -0.15) is 0 Å². The molecule has 6 atom stereocenters. The molecule has 0 unspecified atom stereocenters. The number of carbonyl (C=O) groups is 1. The number of hydrogen-bond acceptors (Lipinski definition) is 3. The second-order valence-electron chi connectivity index (χ2n) is 9.21. The molecule has 3 aliphatic rings. The molecule has 0 aromatic carbocycles. The van der Waals surface area contributed by atoms with Gasteiger partial charge in [0.15, 0.2) is 5.78 Å². The lowest BCUT2D eigenvalue weighted by molar-refractivity contribution is -0.144. The van der Waals surface area contributed by atoms with E-state index in [2.05, 4.69) is 27.4 Å². The Kier molecular flexibility index (Phi) is 4.04. The fraction of sp³-hybridized carbons (Fsp3) is 0.850. The van der Waals surface area contributed by atoms with Gasteiger partial charge in [0.25, 0.3) is 0 Å². The standard InChI is InChI=1S/C20H32O3/c1-13-15(22)5-6-16-19(13,3)8-7-14-11-18(2,17(23)12-21)9-10-20(14,16)4/h14,16-17,21,23H,1,5-12H2,2-4H3/t14-,16-,17-,18-,19+,20-/m0/s1. The van der Waals surface area contributed by atoms with Crippen molar-refractivity contribution in [2.45, 2.75) is 71.8 Å². The molecule has 0 radical (unpaired) electrons. The highest BCUT2D eigenvalue weighted by atomic mass is 16.3. The number of Topliss-reactive ketones (excluding diaryl/α,β-unsaturated/α-hetero) is 1. The molecule has 130 valence electrons. The monoisotopic (exact) mass is 320 g/mol. The van der Waals surface area contributed by atoms with Crippen LogP contribution in [0.1, 0.15) is 65.7 Å². The molecule has 3 heteroatoms. The fourth-order valence-corrected chi connectivity index (χ4v) is 6.20. The molecule has 0 saturated heterocycles. The van der Waals surface area contributed by atoms with Crippen LogP contribution in [0.15, 0.2) is 12.2 Å². The molecular weight excluding hydrogens is 288 g/mol. The van der Waals surface area contributed by atoms with Crippen molar-refractivity contribution in [3.05, 3.63) is 12.2 Å². The summed E-state index contributed by atoms with van der Waals surface area (Å²) in [5.41, 5.74) is 0.876. The Morgan fingerprint density at radius 1 is 1.22 bits per heavy atom. The van der Waals surface area contributed by atoms with Crippen molar-refractivity contribution in [3.8, 4) is 0 Å². The van der Waals surface area contributed by atoms with Crippen LogP contribution in [0, 0.1) is 28.1 Å². The number of aliphatic hydroxyl groups excluding tert-OH is 2. The summed E-state index contributed by atoms with van der Waals surface area (Å²) < 4.78 is 0. The minimum absolute atomic E-state index is 0.0378. The molecule has 23 heavy (non-hydrogen) atoms. The molecular formula is C20H32O3. The summed E-state index contributed by atoms with van der Waals surface area (Å²) in [6, 6.07) is 0. The van der Waals surface area contributed by atoms with E-state index in [1.54, 1.807) is 0 Å². The average Bonchev–Trinajstić information content (AvgIpc) is 2.52. The summed E-state index contributed by atoms with van der Waals surface area (Å²) in [5.74, 6) is 1.36. The second-order valence-corrected chi connectivity index (χ2v) is 9.21. The maximum absolute atomic E-state index is 12.2. The first-order valence-corrected chi connectivity index (χ1v) is 9.19. The summed E-state index contributed by atoms with van der Waals surface area (Å²) in [4.78, 5) is 12.2. The van der Waals surface area contributed by atoms with E-state index in [4.69, 9.17) is 0 Å². The number of carbonyl (C=O) groups excluding carboxylic acids is 1. The summed E-state index contributed by atoms with van der Waals surface area (Å²) in [7, 11) is 0. The van der Waals surface area contributed by atoms with E-state index in [0.29, 0.717) is 18.3 Å².